The molecule has 0 bridgehead atoms. The van der Waals surface area contributed by atoms with Crippen LogP contribution in [-0.4, -0.2) is 16.4 Å². The number of carbonyl (C=O) groups excluding carboxylic acids is 2. The molecule has 1 aliphatic rings. The molecule has 1 atom stereocenters. The van der Waals surface area contributed by atoms with E-state index in [1.165, 1.54) is 4.57 Å². The highest BCUT2D eigenvalue weighted by Gasteiger charge is 2.31. The number of fused-ring (bicyclic) bond motifs is 1. The Balaban J connectivity index is 0.00000147. The van der Waals surface area contributed by atoms with Crippen molar-refractivity contribution in [2.75, 3.05) is 0 Å². The van der Waals surface area contributed by atoms with Crippen LogP contribution in [0.4, 0.5) is 0 Å². The van der Waals surface area contributed by atoms with Crippen molar-refractivity contribution >= 4 is 22.9 Å². The number of piperidine rings is 1. The highest BCUT2D eigenvalue weighted by Crippen LogP contribution is 2.23. The molecule has 1 aromatic heterocycles. The summed E-state index contributed by atoms with van der Waals surface area (Å²) in [7, 11) is 0. The third-order valence-corrected chi connectivity index (χ3v) is 3.29. The van der Waals surface area contributed by atoms with Gasteiger partial charge in [-0.15, -0.1) is 0 Å². The zero-order valence-electron chi connectivity index (χ0n) is 10.3. The quantitative estimate of drug-likeness (QED) is 0.781. The molecule has 3 rings (SSSR count). The van der Waals surface area contributed by atoms with E-state index in [0.29, 0.717) is 17.5 Å². The number of aromatic nitrogens is 1. The van der Waals surface area contributed by atoms with Crippen LogP contribution in [0, 0.1) is 6.92 Å². The van der Waals surface area contributed by atoms with Crippen LogP contribution in [0.15, 0.2) is 27.4 Å². The summed E-state index contributed by atoms with van der Waals surface area (Å²) < 4.78 is 6.47. The highest BCUT2D eigenvalue weighted by molar-refractivity contribution is 6.00. The van der Waals surface area contributed by atoms with Gasteiger partial charge in [-0.25, -0.2) is 4.79 Å². The van der Waals surface area contributed by atoms with Crippen LogP contribution < -0.4 is 11.1 Å². The van der Waals surface area contributed by atoms with Gasteiger partial charge in [-0.05, 0) is 31.0 Å². The molecule has 1 N–H and O–H groups in total. The van der Waals surface area contributed by atoms with Crippen molar-refractivity contribution in [3.63, 3.8) is 0 Å². The third-order valence-electron chi connectivity index (χ3n) is 3.29. The number of benzene rings is 1. The third kappa shape index (κ3) is 1.85. The second-order valence-corrected chi connectivity index (χ2v) is 4.68. The predicted molar refractivity (Wildman–Crippen MR) is 68.7 cm³/mol. The largest absolute Gasteiger partial charge is 0.420 e. The van der Waals surface area contributed by atoms with E-state index in [1.807, 2.05) is 13.0 Å². The molecule has 0 radical (unpaired) electrons. The molecule has 6 heteroatoms. The molecular weight excluding hydrogens is 248 g/mol. The zero-order valence-corrected chi connectivity index (χ0v) is 10.3. The number of nitrogens with one attached hydrogen (secondary N) is 1. The number of oxazole rings is 1. The first kappa shape index (κ1) is 11.7. The van der Waals surface area contributed by atoms with Crippen LogP contribution in [0.3, 0.4) is 0 Å². The van der Waals surface area contributed by atoms with E-state index >= 15 is 0 Å². The fourth-order valence-electron chi connectivity index (χ4n) is 2.37. The van der Waals surface area contributed by atoms with E-state index in [1.54, 1.807) is 12.1 Å². The number of rotatable bonds is 1. The van der Waals surface area contributed by atoms with Crippen molar-refractivity contribution in [3.05, 3.63) is 34.3 Å². The monoisotopic (exact) mass is 262 g/mol. The molecule has 1 aliphatic heterocycles. The topological polar surface area (TPSA) is 81.3 Å². The van der Waals surface area contributed by atoms with Gasteiger partial charge in [0.25, 0.3) is 0 Å². The number of carbonyl (C=O) groups is 2. The summed E-state index contributed by atoms with van der Waals surface area (Å²) in [6.07, 6.45) is 0.536. The summed E-state index contributed by atoms with van der Waals surface area (Å²) in [5.74, 6) is -1.34. The summed E-state index contributed by atoms with van der Waals surface area (Å²) >= 11 is 0. The lowest BCUT2D eigenvalue weighted by atomic mass is 10.1. The molecule has 19 heavy (non-hydrogen) atoms. The van der Waals surface area contributed by atoms with E-state index in [2.05, 4.69) is 5.32 Å². The van der Waals surface area contributed by atoms with E-state index < -0.39 is 17.7 Å². The summed E-state index contributed by atoms with van der Waals surface area (Å²) in [6, 6.07) is 4.66. The molecule has 0 aliphatic carbocycles. The Morgan fingerprint density at radius 3 is 2.89 bits per heavy atom. The predicted octanol–water partition coefficient (Wildman–Crippen LogP) is 1.13. The molecule has 1 fully saturated rings. The van der Waals surface area contributed by atoms with Crippen molar-refractivity contribution in [1.29, 1.82) is 0 Å². The van der Waals surface area contributed by atoms with Crippen molar-refractivity contribution in [2.45, 2.75) is 25.8 Å². The van der Waals surface area contributed by atoms with Crippen LogP contribution in [0.25, 0.3) is 11.1 Å². The molecular formula is C13H14N2O4. The van der Waals surface area contributed by atoms with Crippen molar-refractivity contribution in [2.24, 2.45) is 0 Å². The maximum Gasteiger partial charge on any atom is 0.420 e. The van der Waals surface area contributed by atoms with Gasteiger partial charge in [-0.3, -0.25) is 19.5 Å². The van der Waals surface area contributed by atoms with Crippen molar-refractivity contribution < 1.29 is 15.4 Å². The number of imide groups is 1. The van der Waals surface area contributed by atoms with Crippen molar-refractivity contribution in [1.82, 2.24) is 9.88 Å². The smallest absolute Gasteiger partial charge is 0.408 e. The molecule has 1 aromatic carbocycles. The molecule has 6 nitrogen and oxygen atoms in total. The summed E-state index contributed by atoms with van der Waals surface area (Å²) in [5.41, 5.74) is 2.00. The van der Waals surface area contributed by atoms with Crippen LogP contribution >= 0.6 is 0 Å². The molecule has 1 unspecified atom stereocenters. The number of amides is 2. The molecule has 0 spiro atoms. The fraction of sp³-hybridized carbons (Fsp3) is 0.308. The van der Waals surface area contributed by atoms with E-state index in [4.69, 9.17) is 4.42 Å². The Bertz CT molecular complexity index is 746. The van der Waals surface area contributed by atoms with Crippen LogP contribution in [-0.2, 0) is 9.59 Å². The lowest BCUT2D eigenvalue weighted by Crippen LogP contribution is -2.43. The zero-order chi connectivity index (χ0) is 13.6. The average Bonchev–Trinajstić information content (AvgIpc) is 2.65. The number of aryl methyl sites for hydroxylation is 1. The maximum atomic E-state index is 11.9. The van der Waals surface area contributed by atoms with Gasteiger partial charge in [0.15, 0.2) is 5.58 Å². The molecule has 100 valence electrons. The Hall–Kier alpha value is -2.37. The van der Waals surface area contributed by atoms with Gasteiger partial charge in [-0.1, -0.05) is 6.07 Å². The molecule has 0 saturated carbocycles. The molecule has 1 saturated heterocycles. The molecule has 2 heterocycles. The molecule has 2 aromatic rings. The minimum absolute atomic E-state index is 0. The van der Waals surface area contributed by atoms with Crippen molar-refractivity contribution in [3.8, 4) is 0 Å². The first-order valence-corrected chi connectivity index (χ1v) is 6.01. The second kappa shape index (κ2) is 4.08. The first-order valence-electron chi connectivity index (χ1n) is 6.01. The first-order chi connectivity index (χ1) is 9.06. The van der Waals surface area contributed by atoms with Gasteiger partial charge < -0.3 is 4.42 Å². The Morgan fingerprint density at radius 1 is 1.37 bits per heavy atom. The number of nitrogens with zero attached hydrogens (tertiary/aromatic N) is 1. The van der Waals surface area contributed by atoms with Gasteiger partial charge in [0.2, 0.25) is 11.8 Å². The standard InChI is InChI=1S/C13H12N2O4.H2/c1-7-2-3-8-10(6-7)19-13(18)15(8)9-4-5-11(16)14-12(9)17;/h2-3,6,9H,4-5H2,1H3,(H,14,16,17);1H. The maximum absolute atomic E-state index is 11.9. The van der Waals surface area contributed by atoms with E-state index in [9.17, 15) is 14.4 Å². The Kier molecular flexibility index (Phi) is 2.51. The lowest BCUT2D eigenvalue weighted by Gasteiger charge is -2.21. The second-order valence-electron chi connectivity index (χ2n) is 4.68. The summed E-state index contributed by atoms with van der Waals surface area (Å²) in [6.45, 7) is 1.89. The Labute approximate surface area is 109 Å². The number of hydrogen-bond acceptors (Lipinski definition) is 4. The van der Waals surface area contributed by atoms with Crippen LogP contribution in [0.1, 0.15) is 25.9 Å². The van der Waals surface area contributed by atoms with Gasteiger partial charge in [0.05, 0.1) is 5.52 Å². The lowest BCUT2D eigenvalue weighted by molar-refractivity contribution is -0.135. The number of hydrogen-bond donors (Lipinski definition) is 1. The van der Waals surface area contributed by atoms with Gasteiger partial charge in [-0.2, -0.15) is 0 Å². The van der Waals surface area contributed by atoms with Crippen LogP contribution in [0.5, 0.6) is 0 Å². The average molecular weight is 262 g/mol. The highest BCUT2D eigenvalue weighted by atomic mass is 16.4. The summed E-state index contributed by atoms with van der Waals surface area (Å²) in [4.78, 5) is 34.9. The fourth-order valence-corrected chi connectivity index (χ4v) is 2.37. The van der Waals surface area contributed by atoms with Gasteiger partial charge >= 0.3 is 5.76 Å². The van der Waals surface area contributed by atoms with Gasteiger partial charge in [0, 0.05) is 7.85 Å². The van der Waals surface area contributed by atoms with E-state index in [-0.39, 0.29) is 13.8 Å². The minimum Gasteiger partial charge on any atom is -0.408 e. The SMILES string of the molecule is Cc1ccc2c(c1)oc(=O)n2C1CCC(=O)NC1=O.[HH]. The minimum atomic E-state index is -0.686. The normalized spacial score (nSPS) is 19.7. The summed E-state index contributed by atoms with van der Waals surface area (Å²) in [5, 5.41) is 2.24. The van der Waals surface area contributed by atoms with E-state index in [0.717, 1.165) is 5.56 Å². The molecule has 2 amide bonds. The van der Waals surface area contributed by atoms with Gasteiger partial charge in [0.1, 0.15) is 6.04 Å². The Morgan fingerprint density at radius 2 is 2.16 bits per heavy atom. The van der Waals surface area contributed by atoms with Crippen LogP contribution in [0.2, 0.25) is 0 Å².